The molecule has 4 aromatic rings. The van der Waals surface area contributed by atoms with Gasteiger partial charge in [0.25, 0.3) is 0 Å². The molecule has 0 saturated heterocycles. The Morgan fingerprint density at radius 3 is 2.16 bits per heavy atom. The van der Waals surface area contributed by atoms with Gasteiger partial charge in [-0.15, -0.1) is 12.8 Å². The van der Waals surface area contributed by atoms with Gasteiger partial charge in [-0.1, -0.05) is 31.2 Å². The van der Waals surface area contributed by atoms with E-state index < -0.39 is 0 Å². The largest absolute Gasteiger partial charge is 0.341 e. The summed E-state index contributed by atoms with van der Waals surface area (Å²) in [5.74, 6) is 1.72. The van der Waals surface area contributed by atoms with Crippen LogP contribution in [0.15, 0.2) is 55.0 Å². The predicted molar refractivity (Wildman–Crippen MR) is 129 cm³/mol. The Balaban J connectivity index is 0.00000141. The number of nitrogens with one attached hydrogen (secondary N) is 3. The Hall–Kier alpha value is -3.73. The van der Waals surface area contributed by atoms with Crippen molar-refractivity contribution in [3.8, 4) is 46.6 Å². The Bertz CT molecular complexity index is 1120. The molecule has 1 atom stereocenters. The molecule has 0 saturated carbocycles. The summed E-state index contributed by atoms with van der Waals surface area (Å²) >= 11 is 0. The Morgan fingerprint density at radius 2 is 1.53 bits per heavy atom. The van der Waals surface area contributed by atoms with Crippen LogP contribution in [-0.2, 0) is 6.54 Å². The maximum atomic E-state index is 5.87. The quantitative estimate of drug-likeness (QED) is 0.248. The molecule has 3 aromatic heterocycles. The van der Waals surface area contributed by atoms with Crippen molar-refractivity contribution >= 4 is 0 Å². The molecule has 7 nitrogen and oxygen atoms in total. The van der Waals surface area contributed by atoms with Crippen LogP contribution in [0.5, 0.6) is 0 Å². The van der Waals surface area contributed by atoms with Gasteiger partial charge in [0.1, 0.15) is 11.6 Å². The van der Waals surface area contributed by atoms with Gasteiger partial charge in [0.05, 0.1) is 42.1 Å². The van der Waals surface area contributed by atoms with Crippen molar-refractivity contribution in [3.05, 3.63) is 66.6 Å². The van der Waals surface area contributed by atoms with Crippen LogP contribution in [-0.4, -0.2) is 31.5 Å². The molecule has 0 aliphatic heterocycles. The van der Waals surface area contributed by atoms with Crippen LogP contribution in [0.3, 0.4) is 0 Å². The van der Waals surface area contributed by atoms with Gasteiger partial charge in [0, 0.05) is 17.3 Å². The minimum absolute atomic E-state index is 0.122. The topological polar surface area (TPSA) is 108 Å². The number of benzene rings is 1. The highest BCUT2D eigenvalue weighted by Crippen LogP contribution is 2.25. The van der Waals surface area contributed by atoms with Gasteiger partial charge >= 0.3 is 0 Å². The number of hydrogen-bond acceptors (Lipinski definition) is 5. The van der Waals surface area contributed by atoms with E-state index in [9.17, 15) is 0 Å². The number of H-pyrrole nitrogens is 2. The highest BCUT2D eigenvalue weighted by molar-refractivity contribution is 5.68. The van der Waals surface area contributed by atoms with Crippen molar-refractivity contribution in [1.82, 2.24) is 30.2 Å². The van der Waals surface area contributed by atoms with Crippen LogP contribution in [0.25, 0.3) is 33.8 Å². The number of nitrogens with two attached hydrogens (primary N) is 1. The average molecular weight is 428 g/mol. The van der Waals surface area contributed by atoms with E-state index in [2.05, 4.69) is 74.3 Å². The highest BCUT2D eigenvalue weighted by atomic mass is 15.0. The second kappa shape index (κ2) is 11.0. The first-order valence-electron chi connectivity index (χ1n) is 10.6. The Morgan fingerprint density at radius 1 is 0.875 bits per heavy atom. The van der Waals surface area contributed by atoms with Gasteiger partial charge < -0.3 is 21.0 Å². The smallest absolute Gasteiger partial charge is 0.123 e. The summed E-state index contributed by atoms with van der Waals surface area (Å²) in [7, 11) is 0. The number of rotatable bonds is 8. The van der Waals surface area contributed by atoms with Crippen LogP contribution >= 0.6 is 0 Å². The molecule has 0 unspecified atom stereocenters. The van der Waals surface area contributed by atoms with Crippen molar-refractivity contribution in [2.45, 2.75) is 32.9 Å². The number of aromatic amines is 2. The minimum Gasteiger partial charge on any atom is -0.341 e. The molecule has 0 bridgehead atoms. The predicted octanol–water partition coefficient (Wildman–Crippen LogP) is 4.30. The first-order chi connectivity index (χ1) is 15.6. The molecule has 1 aromatic carbocycles. The van der Waals surface area contributed by atoms with Crippen LogP contribution in [0.4, 0.5) is 0 Å². The van der Waals surface area contributed by atoms with E-state index in [1.54, 1.807) is 6.20 Å². The number of hydrogen-bond donors (Lipinski definition) is 4. The van der Waals surface area contributed by atoms with Gasteiger partial charge in [-0.05, 0) is 37.6 Å². The van der Waals surface area contributed by atoms with E-state index in [1.807, 2.05) is 31.5 Å². The number of pyridine rings is 1. The van der Waals surface area contributed by atoms with E-state index in [1.165, 1.54) is 0 Å². The third-order valence-electron chi connectivity index (χ3n) is 4.94. The van der Waals surface area contributed by atoms with Gasteiger partial charge in [-0.25, -0.2) is 9.97 Å². The third-order valence-corrected chi connectivity index (χ3v) is 4.94. The number of imidazole rings is 2. The maximum Gasteiger partial charge on any atom is 0.123 e. The lowest BCUT2D eigenvalue weighted by Crippen LogP contribution is -2.14. The first-order valence-corrected chi connectivity index (χ1v) is 10.6. The van der Waals surface area contributed by atoms with Crippen molar-refractivity contribution in [1.29, 1.82) is 0 Å². The van der Waals surface area contributed by atoms with Crippen LogP contribution in [0.1, 0.15) is 38.0 Å². The number of aromatic nitrogens is 5. The molecule has 0 aliphatic rings. The van der Waals surface area contributed by atoms with E-state index in [-0.39, 0.29) is 6.04 Å². The molecule has 0 fully saturated rings. The fourth-order valence-corrected chi connectivity index (χ4v) is 3.24. The first kappa shape index (κ1) is 22.9. The summed E-state index contributed by atoms with van der Waals surface area (Å²) in [6, 6.07) is 12.3. The summed E-state index contributed by atoms with van der Waals surface area (Å²) in [6.45, 7) is 5.80. The van der Waals surface area contributed by atoms with Gasteiger partial charge in [0.15, 0.2) is 0 Å². The molecule has 0 radical (unpaired) electrons. The molecule has 164 valence electrons. The molecule has 0 aliphatic carbocycles. The van der Waals surface area contributed by atoms with Gasteiger partial charge in [0.2, 0.25) is 0 Å². The average Bonchev–Trinajstić information content (AvgIpc) is 3.51. The van der Waals surface area contributed by atoms with Crippen LogP contribution in [0, 0.1) is 12.8 Å². The second-order valence-electron chi connectivity index (χ2n) is 7.40. The third kappa shape index (κ3) is 5.49. The standard InChI is InChI=1S/C23H27N7.C2H2/c1-3-10-25-14-22-27-12-20(29-22)17-6-4-16(5-7-17)19-9-8-18(11-26-19)21-13-28-23(30-21)15(2)24;1-2/h4-9,11-13,15,25H,3,10,14,24H2,1-2H3,(H,27,29)(H,28,30);1-2H/t15-;/m0./s1. The fourth-order valence-electron chi connectivity index (χ4n) is 3.24. The maximum absolute atomic E-state index is 5.87. The van der Waals surface area contributed by atoms with Gasteiger partial charge in [-0.3, -0.25) is 4.98 Å². The summed E-state index contributed by atoms with van der Waals surface area (Å²) in [4.78, 5) is 20.0. The zero-order chi connectivity index (χ0) is 22.9. The van der Waals surface area contributed by atoms with Gasteiger partial charge in [-0.2, -0.15) is 0 Å². The van der Waals surface area contributed by atoms with E-state index in [0.717, 1.165) is 64.9 Å². The lowest BCUT2D eigenvalue weighted by molar-refractivity contribution is 0.655. The number of terminal acetylenes is 1. The highest BCUT2D eigenvalue weighted by Gasteiger charge is 2.08. The van der Waals surface area contributed by atoms with Crippen molar-refractivity contribution in [2.75, 3.05) is 6.54 Å². The lowest BCUT2D eigenvalue weighted by atomic mass is 10.1. The molecule has 5 N–H and O–H groups in total. The molecular weight excluding hydrogens is 398 g/mol. The van der Waals surface area contributed by atoms with Crippen LogP contribution in [0.2, 0.25) is 0 Å². The normalized spacial score (nSPS) is 11.5. The van der Waals surface area contributed by atoms with Crippen molar-refractivity contribution < 1.29 is 0 Å². The molecule has 32 heavy (non-hydrogen) atoms. The zero-order valence-electron chi connectivity index (χ0n) is 18.5. The lowest BCUT2D eigenvalue weighted by Gasteiger charge is -2.05. The van der Waals surface area contributed by atoms with E-state index in [4.69, 9.17) is 5.73 Å². The number of nitrogens with zero attached hydrogens (tertiary/aromatic N) is 3. The van der Waals surface area contributed by atoms with Crippen LogP contribution < -0.4 is 11.1 Å². The fraction of sp³-hybridized carbons (Fsp3) is 0.240. The summed E-state index contributed by atoms with van der Waals surface area (Å²) in [6.07, 6.45) is 14.6. The van der Waals surface area contributed by atoms with Crippen molar-refractivity contribution in [3.63, 3.8) is 0 Å². The molecule has 0 amide bonds. The molecule has 4 rings (SSSR count). The molecule has 0 spiro atoms. The SMILES string of the molecule is C#C.CCCNCc1ncc(-c2ccc(-c3ccc(-c4cnc([C@H](C)N)[nH]4)cn3)cc2)[nH]1. The summed E-state index contributed by atoms with van der Waals surface area (Å²) < 4.78 is 0. The summed E-state index contributed by atoms with van der Waals surface area (Å²) in [5, 5.41) is 3.36. The Labute approximate surface area is 188 Å². The van der Waals surface area contributed by atoms with E-state index >= 15 is 0 Å². The molecule has 3 heterocycles. The second-order valence-corrected chi connectivity index (χ2v) is 7.40. The monoisotopic (exact) mass is 427 g/mol. The summed E-state index contributed by atoms with van der Waals surface area (Å²) in [5.41, 5.74) is 11.9. The Kier molecular flexibility index (Phi) is 7.92. The molecule has 7 heteroatoms. The minimum atomic E-state index is -0.122. The van der Waals surface area contributed by atoms with Crippen molar-refractivity contribution in [2.24, 2.45) is 5.73 Å². The zero-order valence-corrected chi connectivity index (χ0v) is 18.5. The van der Waals surface area contributed by atoms with E-state index in [0.29, 0.717) is 0 Å². The molecular formula is C25H29N7.